The second-order valence-electron chi connectivity index (χ2n) is 24.1. The Morgan fingerprint density at radius 3 is 1.41 bits per heavy atom. The van der Waals surface area contributed by atoms with Crippen LogP contribution in [0.2, 0.25) is 0 Å². The Balaban J connectivity index is 0.000000290. The number of imide groups is 1. The van der Waals surface area contributed by atoms with Gasteiger partial charge in [-0.1, -0.05) is 138 Å². The molecule has 0 aliphatic carbocycles. The van der Waals surface area contributed by atoms with Crippen molar-refractivity contribution < 1.29 is 50.2 Å². The number of aliphatic imine (C=N–C) groups is 2. The van der Waals surface area contributed by atoms with Crippen molar-refractivity contribution >= 4 is 89.9 Å². The number of benzene rings is 4. The second kappa shape index (κ2) is 31.3. The first-order chi connectivity index (χ1) is 40.9. The minimum absolute atomic E-state index is 0.00828. The maximum absolute atomic E-state index is 14.3. The van der Waals surface area contributed by atoms with E-state index in [1.54, 1.807) is 30.3 Å². The average Bonchev–Trinajstić information content (AvgIpc) is 1.68. The van der Waals surface area contributed by atoms with E-state index >= 15 is 0 Å². The van der Waals surface area contributed by atoms with Crippen LogP contribution in [0.4, 0.5) is 27.5 Å². The number of anilines is 2. The molecule has 1 saturated heterocycles. The van der Waals surface area contributed by atoms with E-state index in [4.69, 9.17) is 25.8 Å². The van der Waals surface area contributed by atoms with E-state index in [1.807, 2.05) is 77.9 Å². The molecule has 0 bridgehead atoms. The third-order valence-corrected chi connectivity index (χ3v) is 19.1. The highest BCUT2D eigenvalue weighted by molar-refractivity contribution is 7.90. The van der Waals surface area contributed by atoms with E-state index in [2.05, 4.69) is 74.0 Å². The predicted molar refractivity (Wildman–Crippen MR) is 347 cm³/mol. The zero-order valence-corrected chi connectivity index (χ0v) is 56.1. The summed E-state index contributed by atoms with van der Waals surface area (Å²) in [5.41, 5.74) is 3.19. The number of fused-ring (bicyclic) bond motifs is 2. The lowest BCUT2D eigenvalue weighted by Crippen LogP contribution is -2.59. The molecule has 0 saturated carbocycles. The molecule has 0 radical (unpaired) electrons. The molecule has 19 nitrogen and oxygen atoms in total. The Morgan fingerprint density at radius 2 is 1.02 bits per heavy atom. The fourth-order valence-electron chi connectivity index (χ4n) is 9.43. The Kier molecular flexibility index (Phi) is 25.7. The molecule has 2 atom stereocenters. The summed E-state index contributed by atoms with van der Waals surface area (Å²) in [4.78, 5) is 66.6. The first-order valence-corrected chi connectivity index (χ1v) is 33.6. The van der Waals surface area contributed by atoms with Crippen molar-refractivity contribution in [2.45, 2.75) is 180 Å². The number of cyclic esters (lactones) is 1. The van der Waals surface area contributed by atoms with Gasteiger partial charge in [0, 0.05) is 50.9 Å². The highest BCUT2D eigenvalue weighted by atomic mass is 35.5. The van der Waals surface area contributed by atoms with Crippen molar-refractivity contribution in [1.29, 1.82) is 0 Å². The number of alkyl halides is 1. The molecule has 3 aliphatic rings. The van der Waals surface area contributed by atoms with Crippen LogP contribution in [0.15, 0.2) is 105 Å². The number of carbonyl (C=O) groups excluding carboxylic acids is 4. The molecule has 2 unspecified atom stereocenters. The van der Waals surface area contributed by atoms with E-state index in [0.717, 1.165) is 56.5 Å². The Hall–Kier alpha value is -6.23. The van der Waals surface area contributed by atoms with Crippen molar-refractivity contribution in [2.24, 2.45) is 9.98 Å². The Labute approximate surface area is 522 Å². The molecular formula is C65H93ClN8O11S2. The molecule has 3 heterocycles. The van der Waals surface area contributed by atoms with Gasteiger partial charge in [0.2, 0.25) is 5.91 Å². The monoisotopic (exact) mass is 1260 g/mol. The number of nitrogens with zero attached hydrogens (tertiary/aromatic N) is 6. The standard InChI is InChI=1S/C32H42N4O7S.C27H36ClN3O4S.C6H15N/c1-8-9-18-42-19-12-17-35-27(33-23-13-10-11-14-25(23)44(35,40)41)26(36-29(38)32(6,7)43-30(36)39)28(37)34-24-20-22(31(3,4)5)16-15-21(24)2;1-6-7-16-35-17-10-15-31-25(29-21-11-8-9-12-23(21)36(31,33)34)24(28)26(32)30-22-18-20(27(3,4)5)14-13-19(22)2;1-4-7(5-2)6-3/h10-11,13-16,20,26H,8-9,12,17-19H2,1-7H3,(H,34,37);8-9,11-14,18,24H,6-7,10,15-17H2,1-5H3,(H,30,32);4-6H2,1-3H3. The number of para-hydroxylation sites is 2. The van der Waals surface area contributed by atoms with Gasteiger partial charge in [0.1, 0.15) is 15.6 Å². The molecular weight excluding hydrogens is 1170 g/mol. The average molecular weight is 1260 g/mol. The molecule has 3 aliphatic heterocycles. The molecule has 7 rings (SSSR count). The van der Waals surface area contributed by atoms with Crippen molar-refractivity contribution in [3.8, 4) is 0 Å². The summed E-state index contributed by atoms with van der Waals surface area (Å²) in [7, 11) is -8.16. The number of hydrogen-bond acceptors (Lipinski definition) is 14. The summed E-state index contributed by atoms with van der Waals surface area (Å²) in [5.74, 6) is -2.42. The molecule has 87 heavy (non-hydrogen) atoms. The fourth-order valence-corrected chi connectivity index (χ4v) is 13.0. The first kappa shape index (κ1) is 71.5. The van der Waals surface area contributed by atoms with Crippen LogP contribution in [0.3, 0.4) is 0 Å². The van der Waals surface area contributed by atoms with Crippen LogP contribution in [-0.2, 0) is 59.5 Å². The molecule has 4 aromatic carbocycles. The quantitative estimate of drug-likeness (QED) is 0.0493. The number of carbonyl (C=O) groups is 4. The molecule has 0 aromatic heterocycles. The minimum atomic E-state index is -4.23. The maximum atomic E-state index is 14.3. The molecule has 0 spiro atoms. The fraction of sp³-hybridized carbons (Fsp3) is 0.538. The second-order valence-corrected chi connectivity index (χ2v) is 28.2. The Morgan fingerprint density at radius 1 is 0.621 bits per heavy atom. The number of nitrogens with one attached hydrogen (secondary N) is 2. The third-order valence-electron chi connectivity index (χ3n) is 15.0. The number of hydrogen-bond donors (Lipinski definition) is 2. The van der Waals surface area contributed by atoms with Crippen LogP contribution in [-0.4, -0.2) is 147 Å². The number of sulfonamides is 2. The van der Waals surface area contributed by atoms with Crippen LogP contribution in [0.1, 0.15) is 151 Å². The number of amidine groups is 2. The van der Waals surface area contributed by atoms with Crippen molar-refractivity contribution in [3.63, 3.8) is 0 Å². The van der Waals surface area contributed by atoms with E-state index in [1.165, 1.54) is 51.7 Å². The number of rotatable bonds is 24. The zero-order chi connectivity index (χ0) is 64.7. The molecule has 4 aromatic rings. The topological polar surface area (TPSA) is 226 Å². The number of unbranched alkanes of at least 4 members (excludes halogenated alkanes) is 2. The largest absolute Gasteiger partial charge is 0.433 e. The summed E-state index contributed by atoms with van der Waals surface area (Å²) < 4.78 is 73.8. The summed E-state index contributed by atoms with van der Waals surface area (Å²) >= 11 is 6.63. The molecule has 478 valence electrons. The lowest BCUT2D eigenvalue weighted by Gasteiger charge is -2.35. The van der Waals surface area contributed by atoms with Gasteiger partial charge in [0.25, 0.3) is 31.9 Å². The molecule has 22 heteroatoms. The summed E-state index contributed by atoms with van der Waals surface area (Å²) in [6.45, 7) is 35.0. The van der Waals surface area contributed by atoms with Crippen LogP contribution >= 0.6 is 11.6 Å². The highest BCUT2D eigenvalue weighted by Crippen LogP contribution is 2.38. The van der Waals surface area contributed by atoms with Crippen molar-refractivity contribution in [1.82, 2.24) is 18.4 Å². The number of aryl methyl sites for hydroxylation is 2. The summed E-state index contributed by atoms with van der Waals surface area (Å²) in [6, 6.07) is 22.5. The third kappa shape index (κ3) is 18.2. The maximum Gasteiger partial charge on any atom is 0.418 e. The lowest BCUT2D eigenvalue weighted by molar-refractivity contribution is -0.137. The smallest absolute Gasteiger partial charge is 0.418 e. The Bertz CT molecular complexity index is 3330. The van der Waals surface area contributed by atoms with Gasteiger partial charge in [-0.05, 0) is 142 Å². The highest BCUT2D eigenvalue weighted by Gasteiger charge is 2.55. The van der Waals surface area contributed by atoms with Gasteiger partial charge in [-0.25, -0.2) is 36.5 Å². The summed E-state index contributed by atoms with van der Waals surface area (Å²) in [6.07, 6.45) is 3.46. The van der Waals surface area contributed by atoms with Crippen LogP contribution in [0.5, 0.6) is 0 Å². The van der Waals surface area contributed by atoms with Crippen molar-refractivity contribution in [2.75, 3.05) is 69.8 Å². The lowest BCUT2D eigenvalue weighted by atomic mass is 9.86. The molecule has 1 fully saturated rings. The minimum Gasteiger partial charge on any atom is -0.433 e. The SMILES string of the molecule is CCCCOCCCN1C(C(C(=O)Nc2cc(C(C)(C)C)ccc2C)N2C(=O)OC(C)(C)C2=O)=Nc2ccccc2S1(=O)=O.CCCCOCCCN1C(C(Cl)C(=O)Nc2cc(C(C)(C)C)ccc2C)=Nc2ccccc2S1(=O)=O.CCN(CC)CC. The van der Waals surface area contributed by atoms with Crippen LogP contribution < -0.4 is 10.6 Å². The summed E-state index contributed by atoms with van der Waals surface area (Å²) in [5, 5.41) is 4.43. The molecule has 4 amide bonds. The van der Waals surface area contributed by atoms with E-state index in [9.17, 15) is 36.0 Å². The van der Waals surface area contributed by atoms with Crippen LogP contribution in [0, 0.1) is 13.8 Å². The normalized spacial score (nSPS) is 16.4. The molecule has 2 N–H and O–H groups in total. The van der Waals surface area contributed by atoms with Gasteiger partial charge in [-0.3, -0.25) is 23.0 Å². The van der Waals surface area contributed by atoms with Gasteiger partial charge in [-0.2, -0.15) is 0 Å². The first-order valence-electron chi connectivity index (χ1n) is 30.2. The number of ether oxygens (including phenoxy) is 3. The van der Waals surface area contributed by atoms with Crippen LogP contribution in [0.25, 0.3) is 0 Å². The van der Waals surface area contributed by atoms with Gasteiger partial charge < -0.3 is 29.7 Å². The zero-order valence-electron chi connectivity index (χ0n) is 53.7. The van der Waals surface area contributed by atoms with E-state index in [-0.39, 0.29) is 69.8 Å². The van der Waals surface area contributed by atoms with E-state index < -0.39 is 60.9 Å². The van der Waals surface area contributed by atoms with E-state index in [0.29, 0.717) is 42.5 Å². The predicted octanol–water partition coefficient (Wildman–Crippen LogP) is 12.4. The number of amides is 4. The van der Waals surface area contributed by atoms with Gasteiger partial charge >= 0.3 is 6.09 Å². The van der Waals surface area contributed by atoms with Gasteiger partial charge in [0.05, 0.1) is 11.4 Å². The van der Waals surface area contributed by atoms with Crippen molar-refractivity contribution in [3.05, 3.63) is 107 Å². The van der Waals surface area contributed by atoms with Gasteiger partial charge in [-0.15, -0.1) is 11.6 Å². The number of halogens is 1. The van der Waals surface area contributed by atoms with Gasteiger partial charge in [0.15, 0.2) is 22.9 Å².